The minimum Gasteiger partial charge on any atom is -0.407 e. The fourth-order valence-electron chi connectivity index (χ4n) is 2.36. The molecule has 1 amide bonds. The number of hydrogen-bond donors (Lipinski definition) is 1. The Labute approximate surface area is 109 Å². The molecule has 1 aromatic heterocycles. The summed E-state index contributed by atoms with van der Waals surface area (Å²) in [5.41, 5.74) is 1.47. The molecule has 1 saturated heterocycles. The van der Waals surface area contributed by atoms with Crippen molar-refractivity contribution in [2.75, 3.05) is 26.2 Å². The average molecular weight is 261 g/mol. The van der Waals surface area contributed by atoms with Crippen molar-refractivity contribution in [3.05, 3.63) is 34.3 Å². The maximum absolute atomic E-state index is 12.5. The number of carbonyl (C=O) groups is 1. The zero-order valence-electron chi connectivity index (χ0n) is 10.7. The number of nitrogens with zero attached hydrogens (tertiary/aromatic N) is 2. The lowest BCUT2D eigenvalue weighted by molar-refractivity contribution is 0.0736. The first-order valence-corrected chi connectivity index (χ1v) is 6.27. The second-order valence-corrected chi connectivity index (χ2v) is 4.62. The molecule has 1 N–H and O–H groups in total. The standard InChI is InChI=1S/C13H15N3O3/c1-15-10-4-2-3-9(11(10)19-13(15)18)12(17)16-7-5-14-6-8-16/h2-4,14H,5-8H2,1H3. The number of aryl methyl sites for hydroxylation is 1. The number of oxazole rings is 1. The van der Waals surface area contributed by atoms with E-state index in [1.165, 1.54) is 4.57 Å². The van der Waals surface area contributed by atoms with Gasteiger partial charge in [0.2, 0.25) is 0 Å². The van der Waals surface area contributed by atoms with Crippen molar-refractivity contribution in [1.29, 1.82) is 0 Å². The zero-order chi connectivity index (χ0) is 13.4. The van der Waals surface area contributed by atoms with Crippen LogP contribution in [0.3, 0.4) is 0 Å². The van der Waals surface area contributed by atoms with Gasteiger partial charge in [-0.25, -0.2) is 4.79 Å². The van der Waals surface area contributed by atoms with Crippen LogP contribution in [0.15, 0.2) is 27.4 Å². The number of rotatable bonds is 1. The monoisotopic (exact) mass is 261 g/mol. The summed E-state index contributed by atoms with van der Waals surface area (Å²) in [6, 6.07) is 5.25. The quantitative estimate of drug-likeness (QED) is 0.795. The van der Waals surface area contributed by atoms with Gasteiger partial charge < -0.3 is 14.6 Å². The molecule has 1 fully saturated rings. The van der Waals surface area contributed by atoms with Crippen LogP contribution in [0.1, 0.15) is 10.4 Å². The second kappa shape index (κ2) is 4.55. The molecular formula is C13H15N3O3. The van der Waals surface area contributed by atoms with E-state index < -0.39 is 5.76 Å². The summed E-state index contributed by atoms with van der Waals surface area (Å²) in [4.78, 5) is 25.8. The molecule has 0 aliphatic carbocycles. The Morgan fingerprint density at radius 2 is 2.05 bits per heavy atom. The Balaban J connectivity index is 2.07. The molecule has 0 radical (unpaired) electrons. The Morgan fingerprint density at radius 1 is 1.32 bits per heavy atom. The van der Waals surface area contributed by atoms with Gasteiger partial charge in [0, 0.05) is 33.2 Å². The van der Waals surface area contributed by atoms with E-state index >= 15 is 0 Å². The van der Waals surface area contributed by atoms with E-state index in [0.717, 1.165) is 13.1 Å². The first-order chi connectivity index (χ1) is 9.18. The van der Waals surface area contributed by atoms with Crippen molar-refractivity contribution in [3.63, 3.8) is 0 Å². The number of aromatic nitrogens is 1. The molecule has 0 saturated carbocycles. The SMILES string of the molecule is Cn1c(=O)oc2c(C(=O)N3CCNCC3)cccc21. The maximum atomic E-state index is 12.5. The molecular weight excluding hydrogens is 246 g/mol. The molecule has 1 aliphatic rings. The Hall–Kier alpha value is -2.08. The Bertz CT molecular complexity index is 680. The number of fused-ring (bicyclic) bond motifs is 1. The van der Waals surface area contributed by atoms with Crippen molar-refractivity contribution < 1.29 is 9.21 Å². The highest BCUT2D eigenvalue weighted by molar-refractivity contribution is 6.04. The van der Waals surface area contributed by atoms with E-state index in [4.69, 9.17) is 4.42 Å². The van der Waals surface area contributed by atoms with Crippen LogP contribution in [0, 0.1) is 0 Å². The number of nitrogens with one attached hydrogen (secondary N) is 1. The molecule has 2 heterocycles. The number of hydrogen-bond acceptors (Lipinski definition) is 4. The molecule has 0 bridgehead atoms. The highest BCUT2D eigenvalue weighted by Gasteiger charge is 2.22. The third-order valence-corrected chi connectivity index (χ3v) is 3.45. The predicted octanol–water partition coefficient (Wildman–Crippen LogP) is 0.177. The van der Waals surface area contributed by atoms with E-state index in [2.05, 4.69) is 5.32 Å². The molecule has 0 atom stereocenters. The smallest absolute Gasteiger partial charge is 0.407 e. The van der Waals surface area contributed by atoms with Gasteiger partial charge in [0.15, 0.2) is 5.58 Å². The summed E-state index contributed by atoms with van der Waals surface area (Å²) < 4.78 is 6.59. The summed E-state index contributed by atoms with van der Waals surface area (Å²) in [6.45, 7) is 2.93. The average Bonchev–Trinajstić information content (AvgIpc) is 2.75. The fraction of sp³-hybridized carbons (Fsp3) is 0.385. The third-order valence-electron chi connectivity index (χ3n) is 3.45. The van der Waals surface area contributed by atoms with Gasteiger partial charge in [-0.1, -0.05) is 6.07 Å². The van der Waals surface area contributed by atoms with Crippen LogP contribution in [0.4, 0.5) is 0 Å². The topological polar surface area (TPSA) is 67.5 Å². The fourth-order valence-corrected chi connectivity index (χ4v) is 2.36. The van der Waals surface area contributed by atoms with Gasteiger partial charge in [0.05, 0.1) is 11.1 Å². The van der Waals surface area contributed by atoms with Gasteiger partial charge in [0.1, 0.15) is 0 Å². The van der Waals surface area contributed by atoms with Crippen LogP contribution in [0.2, 0.25) is 0 Å². The van der Waals surface area contributed by atoms with Crippen molar-refractivity contribution >= 4 is 17.0 Å². The van der Waals surface area contributed by atoms with Crippen LogP contribution >= 0.6 is 0 Å². The molecule has 2 aromatic rings. The number of carbonyl (C=O) groups excluding carboxylic acids is 1. The molecule has 6 nitrogen and oxygen atoms in total. The lowest BCUT2D eigenvalue weighted by Gasteiger charge is -2.27. The first-order valence-electron chi connectivity index (χ1n) is 6.27. The largest absolute Gasteiger partial charge is 0.419 e. The zero-order valence-corrected chi connectivity index (χ0v) is 10.7. The van der Waals surface area contributed by atoms with Crippen molar-refractivity contribution in [3.8, 4) is 0 Å². The van der Waals surface area contributed by atoms with E-state index in [-0.39, 0.29) is 5.91 Å². The lowest BCUT2D eigenvalue weighted by Crippen LogP contribution is -2.46. The minimum atomic E-state index is -0.449. The van der Waals surface area contributed by atoms with Gasteiger partial charge in [0.25, 0.3) is 5.91 Å². The van der Waals surface area contributed by atoms with Crippen LogP contribution in [-0.4, -0.2) is 41.6 Å². The maximum Gasteiger partial charge on any atom is 0.419 e. The molecule has 100 valence electrons. The summed E-state index contributed by atoms with van der Waals surface area (Å²) in [5, 5.41) is 3.20. The van der Waals surface area contributed by atoms with E-state index in [9.17, 15) is 9.59 Å². The second-order valence-electron chi connectivity index (χ2n) is 4.62. The van der Waals surface area contributed by atoms with Gasteiger partial charge >= 0.3 is 5.76 Å². The van der Waals surface area contributed by atoms with E-state index in [1.807, 2.05) is 0 Å². The van der Waals surface area contributed by atoms with Crippen molar-refractivity contribution in [2.24, 2.45) is 7.05 Å². The van der Waals surface area contributed by atoms with E-state index in [0.29, 0.717) is 29.8 Å². The van der Waals surface area contributed by atoms with Crippen LogP contribution in [-0.2, 0) is 7.05 Å². The summed E-state index contributed by atoms with van der Waals surface area (Å²) in [7, 11) is 1.63. The van der Waals surface area contributed by atoms with Crippen molar-refractivity contribution in [2.45, 2.75) is 0 Å². The van der Waals surface area contributed by atoms with Gasteiger partial charge in [-0.15, -0.1) is 0 Å². The highest BCUT2D eigenvalue weighted by atomic mass is 16.4. The first kappa shape index (κ1) is 12.0. The Kier molecular flexibility index (Phi) is 2.87. The highest BCUT2D eigenvalue weighted by Crippen LogP contribution is 2.19. The number of amides is 1. The van der Waals surface area contributed by atoms with Crippen LogP contribution in [0.5, 0.6) is 0 Å². The van der Waals surface area contributed by atoms with Crippen LogP contribution < -0.4 is 11.1 Å². The summed E-state index contributed by atoms with van der Waals surface area (Å²) in [6.07, 6.45) is 0. The molecule has 0 unspecified atom stereocenters. The minimum absolute atomic E-state index is 0.0820. The third kappa shape index (κ3) is 1.94. The summed E-state index contributed by atoms with van der Waals surface area (Å²) in [5.74, 6) is -0.531. The number of para-hydroxylation sites is 1. The number of benzene rings is 1. The molecule has 1 aromatic carbocycles. The predicted molar refractivity (Wildman–Crippen MR) is 70.2 cm³/mol. The van der Waals surface area contributed by atoms with Crippen molar-refractivity contribution in [1.82, 2.24) is 14.8 Å². The molecule has 19 heavy (non-hydrogen) atoms. The summed E-state index contributed by atoms with van der Waals surface area (Å²) >= 11 is 0. The molecule has 0 spiro atoms. The molecule has 3 rings (SSSR count). The number of piperazine rings is 1. The van der Waals surface area contributed by atoms with E-state index in [1.54, 1.807) is 30.1 Å². The lowest BCUT2D eigenvalue weighted by atomic mass is 10.1. The Morgan fingerprint density at radius 3 is 2.79 bits per heavy atom. The van der Waals surface area contributed by atoms with Gasteiger partial charge in [-0.2, -0.15) is 0 Å². The van der Waals surface area contributed by atoms with Gasteiger partial charge in [-0.05, 0) is 12.1 Å². The van der Waals surface area contributed by atoms with Gasteiger partial charge in [-0.3, -0.25) is 9.36 Å². The van der Waals surface area contributed by atoms with Crippen LogP contribution in [0.25, 0.3) is 11.1 Å². The molecule has 6 heteroatoms. The normalized spacial score (nSPS) is 15.9. The molecule has 1 aliphatic heterocycles.